The minimum absolute atomic E-state index is 0.156. The normalized spacial score (nSPS) is 22.2. The monoisotopic (exact) mass is 345 g/mol. The fourth-order valence-electron chi connectivity index (χ4n) is 3.14. The number of rotatable bonds is 5. The fourth-order valence-corrected chi connectivity index (χ4v) is 3.14. The first-order valence-corrected chi connectivity index (χ1v) is 8.96. The number of carbonyl (C=O) groups is 2. The van der Waals surface area contributed by atoms with Gasteiger partial charge in [0.25, 0.3) is 0 Å². The van der Waals surface area contributed by atoms with E-state index in [1.54, 1.807) is 6.07 Å². The largest absolute Gasteiger partial charge is 0.465 e. The first-order valence-electron chi connectivity index (χ1n) is 8.96. The molecule has 2 unspecified atom stereocenters. The Balaban J connectivity index is 1.72. The van der Waals surface area contributed by atoms with Crippen molar-refractivity contribution in [2.24, 2.45) is 5.92 Å². The second-order valence-corrected chi connectivity index (χ2v) is 8.10. The molecule has 0 saturated heterocycles. The van der Waals surface area contributed by atoms with Gasteiger partial charge in [-0.2, -0.15) is 0 Å². The number of ether oxygens (including phenoxy) is 2. The summed E-state index contributed by atoms with van der Waals surface area (Å²) < 4.78 is 10.4. The first-order chi connectivity index (χ1) is 11.8. The van der Waals surface area contributed by atoms with Gasteiger partial charge in [0.05, 0.1) is 12.7 Å². The smallest absolute Gasteiger partial charge is 0.410 e. The maximum atomic E-state index is 12.6. The molecular weight excluding hydrogens is 318 g/mol. The molecule has 1 aromatic rings. The summed E-state index contributed by atoms with van der Waals surface area (Å²) in [7, 11) is 1.38. The molecule has 0 N–H and O–H groups in total. The Morgan fingerprint density at radius 1 is 1.24 bits per heavy atom. The minimum Gasteiger partial charge on any atom is -0.465 e. The molecule has 5 nitrogen and oxygen atoms in total. The lowest BCUT2D eigenvalue weighted by molar-refractivity contribution is 0.0220. The molecule has 2 fully saturated rings. The van der Waals surface area contributed by atoms with Gasteiger partial charge in [-0.1, -0.05) is 12.1 Å². The van der Waals surface area contributed by atoms with Crippen LogP contribution in [0.5, 0.6) is 0 Å². The van der Waals surface area contributed by atoms with Crippen LogP contribution in [-0.2, 0) is 9.47 Å². The zero-order valence-corrected chi connectivity index (χ0v) is 15.5. The van der Waals surface area contributed by atoms with Crippen molar-refractivity contribution in [2.75, 3.05) is 13.7 Å². The third-order valence-electron chi connectivity index (χ3n) is 4.67. The Labute approximate surface area is 149 Å². The second kappa shape index (κ2) is 6.70. The summed E-state index contributed by atoms with van der Waals surface area (Å²) >= 11 is 0. The number of benzene rings is 1. The van der Waals surface area contributed by atoms with Gasteiger partial charge >= 0.3 is 12.1 Å². The molecule has 0 bridgehead atoms. The molecular formula is C20H27NO4. The van der Waals surface area contributed by atoms with Gasteiger partial charge in [0.2, 0.25) is 0 Å². The SMILES string of the molecule is COC(=O)c1cccc(C2CC2N(CC2CC2)C(=O)OC(C)(C)C)c1. The maximum Gasteiger partial charge on any atom is 0.410 e. The van der Waals surface area contributed by atoms with Gasteiger partial charge < -0.3 is 14.4 Å². The van der Waals surface area contributed by atoms with Gasteiger partial charge in [-0.25, -0.2) is 9.59 Å². The fraction of sp³-hybridized carbons (Fsp3) is 0.600. The lowest BCUT2D eigenvalue weighted by Gasteiger charge is -2.28. The van der Waals surface area contributed by atoms with Crippen molar-refractivity contribution in [1.82, 2.24) is 4.90 Å². The van der Waals surface area contributed by atoms with Crippen LogP contribution in [0.25, 0.3) is 0 Å². The van der Waals surface area contributed by atoms with Crippen LogP contribution in [0.2, 0.25) is 0 Å². The number of carbonyl (C=O) groups excluding carboxylic acids is 2. The minimum atomic E-state index is -0.492. The van der Waals surface area contributed by atoms with Crippen molar-refractivity contribution >= 4 is 12.1 Å². The summed E-state index contributed by atoms with van der Waals surface area (Å²) in [4.78, 5) is 26.3. The van der Waals surface area contributed by atoms with Crippen molar-refractivity contribution in [3.63, 3.8) is 0 Å². The van der Waals surface area contributed by atoms with Crippen LogP contribution in [0.3, 0.4) is 0 Å². The van der Waals surface area contributed by atoms with E-state index >= 15 is 0 Å². The first kappa shape index (κ1) is 17.8. The zero-order chi connectivity index (χ0) is 18.2. The Morgan fingerprint density at radius 2 is 1.96 bits per heavy atom. The third kappa shape index (κ3) is 4.53. The molecule has 136 valence electrons. The van der Waals surface area contributed by atoms with Crippen LogP contribution < -0.4 is 0 Å². The van der Waals surface area contributed by atoms with Crippen LogP contribution in [0.4, 0.5) is 4.79 Å². The Hall–Kier alpha value is -2.04. The van der Waals surface area contributed by atoms with Crippen molar-refractivity contribution in [3.05, 3.63) is 35.4 Å². The van der Waals surface area contributed by atoms with Gasteiger partial charge in [-0.3, -0.25) is 0 Å². The van der Waals surface area contributed by atoms with Crippen molar-refractivity contribution in [3.8, 4) is 0 Å². The van der Waals surface area contributed by atoms with Crippen molar-refractivity contribution < 1.29 is 19.1 Å². The lowest BCUT2D eigenvalue weighted by Crippen LogP contribution is -2.40. The number of hydrogen-bond acceptors (Lipinski definition) is 4. The molecule has 3 rings (SSSR count). The van der Waals surface area contributed by atoms with E-state index in [9.17, 15) is 9.59 Å². The molecule has 0 heterocycles. The number of esters is 1. The van der Waals surface area contributed by atoms with Crippen molar-refractivity contribution in [2.45, 2.75) is 57.6 Å². The summed E-state index contributed by atoms with van der Waals surface area (Å²) in [6.45, 7) is 6.45. The predicted molar refractivity (Wildman–Crippen MR) is 94.6 cm³/mol. The van der Waals surface area contributed by atoms with E-state index in [1.165, 1.54) is 20.0 Å². The van der Waals surface area contributed by atoms with Gasteiger partial charge in [0.1, 0.15) is 5.60 Å². The highest BCUT2D eigenvalue weighted by Gasteiger charge is 2.47. The second-order valence-electron chi connectivity index (χ2n) is 8.10. The summed E-state index contributed by atoms with van der Waals surface area (Å²) in [6, 6.07) is 7.67. The van der Waals surface area contributed by atoms with E-state index in [2.05, 4.69) is 0 Å². The Bertz CT molecular complexity index is 660. The molecule has 2 saturated carbocycles. The van der Waals surface area contributed by atoms with Gasteiger partial charge in [0.15, 0.2) is 0 Å². The predicted octanol–water partition coefficient (Wildman–Crippen LogP) is 3.98. The van der Waals surface area contributed by atoms with E-state index in [0.29, 0.717) is 11.5 Å². The number of amides is 1. The summed E-state index contributed by atoms with van der Waals surface area (Å²) in [5.74, 6) is 0.534. The van der Waals surface area contributed by atoms with E-state index in [1.807, 2.05) is 43.9 Å². The van der Waals surface area contributed by atoms with E-state index < -0.39 is 5.60 Å². The molecule has 0 spiro atoms. The summed E-state index contributed by atoms with van der Waals surface area (Å²) in [6.07, 6.45) is 3.07. The summed E-state index contributed by atoms with van der Waals surface area (Å²) in [5.41, 5.74) is 1.14. The van der Waals surface area contributed by atoms with Crippen LogP contribution in [0.15, 0.2) is 24.3 Å². The van der Waals surface area contributed by atoms with Crippen LogP contribution in [0.1, 0.15) is 61.9 Å². The molecule has 2 aliphatic rings. The number of methoxy groups -OCH3 is 1. The summed E-state index contributed by atoms with van der Waals surface area (Å²) in [5, 5.41) is 0. The van der Waals surface area contributed by atoms with Crippen LogP contribution in [-0.4, -0.2) is 42.3 Å². The molecule has 0 aliphatic heterocycles. The van der Waals surface area contributed by atoms with Crippen LogP contribution in [0, 0.1) is 5.92 Å². The molecule has 5 heteroatoms. The maximum absolute atomic E-state index is 12.6. The molecule has 2 atom stereocenters. The molecule has 2 aliphatic carbocycles. The zero-order valence-electron chi connectivity index (χ0n) is 15.5. The highest BCUT2D eigenvalue weighted by molar-refractivity contribution is 5.89. The molecule has 25 heavy (non-hydrogen) atoms. The molecule has 1 amide bonds. The van der Waals surface area contributed by atoms with E-state index in [4.69, 9.17) is 9.47 Å². The molecule has 0 aromatic heterocycles. The highest BCUT2D eigenvalue weighted by Crippen LogP contribution is 2.46. The highest BCUT2D eigenvalue weighted by atomic mass is 16.6. The standard InChI is InChI=1S/C20H27NO4/c1-20(2,3)25-19(23)21(12-13-8-9-13)17-11-16(17)14-6-5-7-15(10-14)18(22)24-4/h5-7,10,13,16-17H,8-9,11-12H2,1-4H3. The number of nitrogens with zero attached hydrogens (tertiary/aromatic N) is 1. The van der Waals surface area contributed by atoms with Gasteiger partial charge in [0, 0.05) is 18.5 Å². The molecule has 0 radical (unpaired) electrons. The van der Waals surface area contributed by atoms with E-state index in [-0.39, 0.29) is 24.0 Å². The third-order valence-corrected chi connectivity index (χ3v) is 4.67. The number of hydrogen-bond donors (Lipinski definition) is 0. The Morgan fingerprint density at radius 3 is 2.56 bits per heavy atom. The van der Waals surface area contributed by atoms with Crippen LogP contribution >= 0.6 is 0 Å². The van der Waals surface area contributed by atoms with E-state index in [0.717, 1.165) is 18.5 Å². The quantitative estimate of drug-likeness (QED) is 0.758. The van der Waals surface area contributed by atoms with Crippen molar-refractivity contribution in [1.29, 1.82) is 0 Å². The topological polar surface area (TPSA) is 55.8 Å². The average Bonchev–Trinajstić information content (AvgIpc) is 3.44. The van der Waals surface area contributed by atoms with Gasteiger partial charge in [-0.15, -0.1) is 0 Å². The molecule has 1 aromatic carbocycles. The van der Waals surface area contributed by atoms with Gasteiger partial charge in [-0.05, 0) is 63.6 Å². The average molecular weight is 345 g/mol. The lowest BCUT2D eigenvalue weighted by atomic mass is 10.1. The Kier molecular flexibility index (Phi) is 4.76.